The predicted octanol–water partition coefficient (Wildman–Crippen LogP) is 27.6. The van der Waals surface area contributed by atoms with Crippen LogP contribution < -0.4 is 0 Å². The van der Waals surface area contributed by atoms with Gasteiger partial charge in [-0.25, -0.2) is 39.5 Å². The summed E-state index contributed by atoms with van der Waals surface area (Å²) in [6, 6.07) is 17.5. The molecule has 123 heavy (non-hydrogen) atoms. The Labute approximate surface area is 710 Å². The third-order valence-electron chi connectivity index (χ3n) is 16.9. The minimum absolute atomic E-state index is 0.0224. The fourth-order valence-corrected chi connectivity index (χ4v) is 11.1. The van der Waals surface area contributed by atoms with Gasteiger partial charge in [0, 0.05) is 123 Å². The summed E-state index contributed by atoms with van der Waals surface area (Å²) in [4.78, 5) is 35.5. The standard InChI is InChI=1S/C11H10F3N.C11H11F2N.C11H12FN.C10H9F3N2.C10H12F3N.C10H10F2N2.C10H13F2N.C10H11FN2.C10H14FN/c1-4-8-5-9(11(12,13)14)10(7(2)3)15-6-8;1-4-8-5-9(11(12)13)10(7(2)3)14-6-8;1-4-9-5-10(6-12)11(8(2)3)13-7-9;1-6(2)9-8(10(11,12)13)3-7(4-14)5-15-9;1-6(2)9-8(10(11,12)13)4-7(3)5-14-9;1-6(2)9-8(10(11)12)3-7(4-13)5-14-9;1-6(2)9-8(10(11)12)4-7(3)5-13-9;1-7(2)10-9(4-11)3-8(5-12)6-13-10;1-7(2)10-9(5-11)4-8(3)6-12-10/h1,5-7H,2-3H3;1,5-7,11H,2-3H3;1,5,7-8H,6H2,2-3H3;3,5-6H,1-2H3;4-6H,1-3H3;3,5-6,10H,1-2H3;4-6,10H,1-3H3;3,6-7H,4H2,1-2H3;4,6-7H,5H2,1-3H3. The molecule has 0 aromatic carbocycles. The Morgan fingerprint density at radius 1 is 0.268 bits per heavy atom. The summed E-state index contributed by atoms with van der Waals surface area (Å²) in [6.45, 7) is 36.7. The van der Waals surface area contributed by atoms with Crippen LogP contribution in [0.25, 0.3) is 0 Å². The second kappa shape index (κ2) is 51.9. The van der Waals surface area contributed by atoms with Crippen LogP contribution in [0, 0.1) is 91.8 Å². The molecule has 0 aliphatic heterocycles. The van der Waals surface area contributed by atoms with Crippen LogP contribution >= 0.6 is 0 Å². The molecule has 0 spiro atoms. The molecule has 0 saturated carbocycles. The molecule has 0 radical (unpaired) electrons. The van der Waals surface area contributed by atoms with Gasteiger partial charge in [-0.2, -0.15) is 55.3 Å². The van der Waals surface area contributed by atoms with Gasteiger partial charge in [0.15, 0.2) is 0 Å². The van der Waals surface area contributed by atoms with Gasteiger partial charge in [0.05, 0.1) is 67.5 Å². The molecule has 0 amide bonds. The van der Waals surface area contributed by atoms with Crippen LogP contribution in [0.3, 0.4) is 0 Å². The molecule has 12 nitrogen and oxygen atoms in total. The van der Waals surface area contributed by atoms with E-state index in [-0.39, 0.29) is 97.8 Å². The van der Waals surface area contributed by atoms with E-state index in [9.17, 15) is 79.0 Å². The molecule has 9 rings (SSSR count). The quantitative estimate of drug-likeness (QED) is 0.0699. The lowest BCUT2D eigenvalue weighted by molar-refractivity contribution is -0.139. The van der Waals surface area contributed by atoms with Crippen molar-refractivity contribution in [3.8, 4) is 55.2 Å². The summed E-state index contributed by atoms with van der Waals surface area (Å²) < 4.78 is 226. The van der Waals surface area contributed by atoms with E-state index >= 15 is 0 Å². The van der Waals surface area contributed by atoms with Crippen LogP contribution in [0.1, 0.15) is 349 Å². The third-order valence-corrected chi connectivity index (χ3v) is 16.9. The molecular weight excluding hydrogens is 1630 g/mol. The average Bonchev–Trinajstić information content (AvgIpc) is 0.813. The van der Waals surface area contributed by atoms with Gasteiger partial charge in [0.1, 0.15) is 38.2 Å². The molecular formula is C93H102F18N12. The van der Waals surface area contributed by atoms with E-state index in [4.69, 9.17) is 35.1 Å². The first-order valence-electron chi connectivity index (χ1n) is 38.4. The number of hydrogen-bond donors (Lipinski definition) is 0. The van der Waals surface area contributed by atoms with Crippen molar-refractivity contribution in [1.82, 2.24) is 44.9 Å². The molecule has 0 saturated heterocycles. The number of nitriles is 3. The Morgan fingerprint density at radius 3 is 0.756 bits per heavy atom. The average molecular weight is 1730 g/mol. The molecule has 0 atom stereocenters. The third kappa shape index (κ3) is 36.1. The number of nitrogens with zero attached hydrogens (tertiary/aromatic N) is 12. The number of rotatable bonds is 15. The van der Waals surface area contributed by atoms with E-state index in [1.54, 1.807) is 112 Å². The number of pyridine rings is 9. The van der Waals surface area contributed by atoms with Crippen molar-refractivity contribution in [2.75, 3.05) is 0 Å². The first-order chi connectivity index (χ1) is 57.2. The zero-order valence-electron chi connectivity index (χ0n) is 72.3. The number of halogens is 18. The minimum atomic E-state index is -4.46. The van der Waals surface area contributed by atoms with Crippen LogP contribution in [0.4, 0.5) is 79.0 Å². The summed E-state index contributed by atoms with van der Waals surface area (Å²) in [5.41, 5.74) is 7.34. The molecule has 0 unspecified atom stereocenters. The first kappa shape index (κ1) is 109. The lowest BCUT2D eigenvalue weighted by Crippen LogP contribution is -2.12. The van der Waals surface area contributed by atoms with E-state index in [1.807, 2.05) is 88.3 Å². The second-order valence-electron chi connectivity index (χ2n) is 30.2. The smallest absolute Gasteiger partial charge is 0.260 e. The number of aromatic nitrogens is 9. The van der Waals surface area contributed by atoms with E-state index in [2.05, 4.69) is 62.6 Å². The topological polar surface area (TPSA) is 187 Å². The molecule has 0 bridgehead atoms. The highest BCUT2D eigenvalue weighted by molar-refractivity contribution is 5.42. The van der Waals surface area contributed by atoms with Gasteiger partial charge in [0.25, 0.3) is 19.3 Å². The first-order valence-corrected chi connectivity index (χ1v) is 38.4. The normalized spacial score (nSPS) is 11.0. The molecule has 9 aromatic rings. The van der Waals surface area contributed by atoms with Crippen molar-refractivity contribution in [2.24, 2.45) is 0 Å². The summed E-state index contributed by atoms with van der Waals surface area (Å²) in [5.74, 6) is 6.74. The zero-order valence-corrected chi connectivity index (χ0v) is 72.3. The molecule has 0 N–H and O–H groups in total. The molecule has 9 heterocycles. The van der Waals surface area contributed by atoms with Crippen LogP contribution in [0.15, 0.2) is 110 Å². The molecule has 660 valence electrons. The fourth-order valence-electron chi connectivity index (χ4n) is 11.1. The molecule has 30 heteroatoms. The Bertz CT molecular complexity index is 4880. The van der Waals surface area contributed by atoms with E-state index < -0.39 is 74.5 Å². The van der Waals surface area contributed by atoms with Crippen LogP contribution in [-0.4, -0.2) is 44.9 Å². The maximum absolute atomic E-state index is 12.6. The number of alkyl halides is 18. The Morgan fingerprint density at radius 2 is 0.463 bits per heavy atom. The monoisotopic (exact) mass is 1730 g/mol. The maximum Gasteiger partial charge on any atom is 0.418 e. The lowest BCUT2D eigenvalue weighted by Gasteiger charge is -2.14. The Kier molecular flexibility index (Phi) is 46.1. The number of terminal acetylenes is 3. The van der Waals surface area contributed by atoms with Gasteiger partial charge < -0.3 is 0 Å². The molecule has 9 aromatic heterocycles. The predicted molar refractivity (Wildman–Crippen MR) is 441 cm³/mol. The Hall–Kier alpha value is -11.8. The van der Waals surface area contributed by atoms with Gasteiger partial charge in [-0.05, 0) is 139 Å². The summed E-state index contributed by atoms with van der Waals surface area (Å²) >= 11 is 0. The Balaban J connectivity index is 0.000000692. The number of hydrogen-bond acceptors (Lipinski definition) is 12. The lowest BCUT2D eigenvalue weighted by atomic mass is 10.0. The van der Waals surface area contributed by atoms with Gasteiger partial charge in [-0.1, -0.05) is 148 Å². The fraction of sp³-hybridized carbons (Fsp3) is 0.419. The van der Waals surface area contributed by atoms with E-state index in [0.717, 1.165) is 58.2 Å². The van der Waals surface area contributed by atoms with Crippen molar-refractivity contribution in [2.45, 2.75) is 256 Å². The van der Waals surface area contributed by atoms with Gasteiger partial charge in [0.2, 0.25) is 0 Å². The minimum Gasteiger partial charge on any atom is -0.260 e. The highest BCUT2D eigenvalue weighted by Gasteiger charge is 2.37. The van der Waals surface area contributed by atoms with Crippen molar-refractivity contribution < 1.29 is 79.0 Å². The van der Waals surface area contributed by atoms with Crippen molar-refractivity contribution in [3.63, 3.8) is 0 Å². The SMILES string of the molecule is C#Cc1cnc(C(C)C)c(C(F)(F)F)c1.C#Cc1cnc(C(C)C)c(C(F)F)c1.C#Cc1cnc(C(C)C)c(CF)c1.CC(C)c1ncc(C#N)cc1C(F)(F)F.CC(C)c1ncc(C#N)cc1C(F)F.CC(C)c1ncc(C#N)cc1CF.Cc1cnc(C(C)C)c(C(F)(F)F)c1.Cc1cnc(C(C)C)c(C(F)F)c1.Cc1cnc(C(C)C)c(CF)c1. The van der Waals surface area contributed by atoms with Crippen molar-refractivity contribution >= 4 is 0 Å². The van der Waals surface area contributed by atoms with Crippen LogP contribution in [0.5, 0.6) is 0 Å². The zero-order chi connectivity index (χ0) is 94.5. The number of aryl methyl sites for hydroxylation is 3. The highest BCUT2D eigenvalue weighted by Crippen LogP contribution is 2.38. The second-order valence-corrected chi connectivity index (χ2v) is 30.2. The van der Waals surface area contributed by atoms with E-state index in [0.29, 0.717) is 56.4 Å². The highest BCUT2D eigenvalue weighted by atomic mass is 19.4. The summed E-state index contributed by atoms with van der Waals surface area (Å²) in [7, 11) is 0. The maximum atomic E-state index is 12.6. The molecule has 0 aliphatic rings. The largest absolute Gasteiger partial charge is 0.418 e. The molecule has 0 aliphatic carbocycles. The van der Waals surface area contributed by atoms with Crippen LogP contribution in [0.2, 0.25) is 0 Å². The van der Waals surface area contributed by atoms with Crippen molar-refractivity contribution in [1.29, 1.82) is 15.8 Å². The summed E-state index contributed by atoms with van der Waals surface area (Å²) in [5, 5.41) is 25.6. The summed E-state index contributed by atoms with van der Waals surface area (Å²) in [6.07, 6.45) is 7.80. The van der Waals surface area contributed by atoms with E-state index in [1.165, 1.54) is 49.2 Å². The van der Waals surface area contributed by atoms with Crippen LogP contribution in [-0.2, 0) is 38.6 Å². The van der Waals surface area contributed by atoms with Gasteiger partial charge in [-0.15, -0.1) is 19.3 Å². The van der Waals surface area contributed by atoms with Crippen molar-refractivity contribution in [3.05, 3.63) is 262 Å². The van der Waals surface area contributed by atoms with Gasteiger partial charge in [-0.3, -0.25) is 44.9 Å². The molecule has 0 fully saturated rings. The van der Waals surface area contributed by atoms with Gasteiger partial charge >= 0.3 is 18.5 Å².